The van der Waals surface area contributed by atoms with Gasteiger partial charge in [0.2, 0.25) is 0 Å². The number of nitrogens with one attached hydrogen (secondary N) is 2. The van der Waals surface area contributed by atoms with Crippen molar-refractivity contribution >= 4 is 5.97 Å². The lowest BCUT2D eigenvalue weighted by molar-refractivity contribution is -0.160. The molecule has 0 amide bonds. The molecule has 16 heavy (non-hydrogen) atoms. The van der Waals surface area contributed by atoms with Gasteiger partial charge in [-0.25, -0.2) is 0 Å². The largest absolute Gasteiger partial charge is 0.459 e. The Kier molecular flexibility index (Phi) is 5.42. The van der Waals surface area contributed by atoms with Crippen LogP contribution in [0.25, 0.3) is 0 Å². The number of hydrogen-bond acceptors (Lipinski definition) is 4. The molecule has 0 aromatic carbocycles. The summed E-state index contributed by atoms with van der Waals surface area (Å²) in [6.45, 7) is 10.5. The van der Waals surface area contributed by atoms with Gasteiger partial charge in [-0.3, -0.25) is 4.79 Å². The molecule has 0 aliphatic rings. The third-order valence-corrected chi connectivity index (χ3v) is 2.35. The predicted octanol–water partition coefficient (Wildman–Crippen LogP) is 1.16. The fourth-order valence-corrected chi connectivity index (χ4v) is 1.75. The minimum Gasteiger partial charge on any atom is -0.459 e. The number of carbonyl (C=O) groups is 1. The van der Waals surface area contributed by atoms with Crippen LogP contribution in [0.4, 0.5) is 0 Å². The maximum absolute atomic E-state index is 12.0. The normalized spacial score (nSPS) is 14.7. The molecular formula is C12H26N2O2. The monoisotopic (exact) mass is 230 g/mol. The Morgan fingerprint density at radius 2 is 1.69 bits per heavy atom. The summed E-state index contributed by atoms with van der Waals surface area (Å²) in [7, 11) is 3.66. The van der Waals surface area contributed by atoms with Gasteiger partial charge >= 0.3 is 5.97 Å². The topological polar surface area (TPSA) is 50.4 Å². The van der Waals surface area contributed by atoms with E-state index in [1.807, 2.05) is 41.7 Å². The standard InChI is InChI=1S/C12H26N2O2/c1-11(2,3)16-10(15)9(14-7)12(4,5)8-13-6/h9,13-14H,8H2,1-7H3. The molecule has 0 fully saturated rings. The molecule has 0 heterocycles. The molecule has 0 radical (unpaired) electrons. The van der Waals surface area contributed by atoms with Crippen LogP contribution in [-0.2, 0) is 9.53 Å². The fourth-order valence-electron chi connectivity index (χ4n) is 1.75. The molecule has 0 aliphatic carbocycles. The van der Waals surface area contributed by atoms with E-state index >= 15 is 0 Å². The van der Waals surface area contributed by atoms with Crippen molar-refractivity contribution in [2.75, 3.05) is 20.6 Å². The van der Waals surface area contributed by atoms with Gasteiger partial charge < -0.3 is 15.4 Å². The summed E-state index contributed by atoms with van der Waals surface area (Å²) in [5, 5.41) is 6.13. The summed E-state index contributed by atoms with van der Waals surface area (Å²) < 4.78 is 5.39. The van der Waals surface area contributed by atoms with Gasteiger partial charge in [0.05, 0.1) is 0 Å². The van der Waals surface area contributed by atoms with E-state index in [9.17, 15) is 4.79 Å². The zero-order valence-corrected chi connectivity index (χ0v) is 11.6. The Balaban J connectivity index is 4.67. The van der Waals surface area contributed by atoms with Crippen LogP contribution in [0.3, 0.4) is 0 Å². The average molecular weight is 230 g/mol. The zero-order chi connectivity index (χ0) is 13.0. The summed E-state index contributed by atoms with van der Waals surface area (Å²) in [5.74, 6) is -0.199. The summed E-state index contributed by atoms with van der Waals surface area (Å²) >= 11 is 0. The molecule has 0 bridgehead atoms. The summed E-state index contributed by atoms with van der Waals surface area (Å²) in [4.78, 5) is 12.0. The SMILES string of the molecule is CNCC(C)(C)C(NC)C(=O)OC(C)(C)C. The average Bonchev–Trinajstić information content (AvgIpc) is 1.99. The van der Waals surface area contributed by atoms with Crippen molar-refractivity contribution in [1.29, 1.82) is 0 Å². The van der Waals surface area contributed by atoms with E-state index in [2.05, 4.69) is 10.6 Å². The maximum Gasteiger partial charge on any atom is 0.324 e. The van der Waals surface area contributed by atoms with Crippen molar-refractivity contribution in [2.24, 2.45) is 5.41 Å². The van der Waals surface area contributed by atoms with E-state index < -0.39 is 5.60 Å². The third kappa shape index (κ3) is 4.94. The molecule has 0 aromatic heterocycles. The lowest BCUT2D eigenvalue weighted by Crippen LogP contribution is -2.52. The van der Waals surface area contributed by atoms with Gasteiger partial charge in [-0.05, 0) is 34.9 Å². The molecule has 1 unspecified atom stereocenters. The van der Waals surface area contributed by atoms with Crippen LogP contribution < -0.4 is 10.6 Å². The van der Waals surface area contributed by atoms with Crippen molar-refractivity contribution in [3.05, 3.63) is 0 Å². The van der Waals surface area contributed by atoms with E-state index in [0.717, 1.165) is 6.54 Å². The van der Waals surface area contributed by atoms with Crippen LogP contribution in [0.15, 0.2) is 0 Å². The van der Waals surface area contributed by atoms with Crippen LogP contribution in [-0.4, -0.2) is 38.3 Å². The first-order chi connectivity index (χ1) is 7.14. The Bertz CT molecular complexity index is 232. The van der Waals surface area contributed by atoms with Crippen LogP contribution in [0.5, 0.6) is 0 Å². The Labute approximate surface area is 99.1 Å². The van der Waals surface area contributed by atoms with Gasteiger partial charge in [0.25, 0.3) is 0 Å². The highest BCUT2D eigenvalue weighted by atomic mass is 16.6. The Hall–Kier alpha value is -0.610. The second kappa shape index (κ2) is 5.64. The maximum atomic E-state index is 12.0. The van der Waals surface area contributed by atoms with Gasteiger partial charge in [-0.2, -0.15) is 0 Å². The molecule has 0 spiro atoms. The quantitative estimate of drug-likeness (QED) is 0.696. The molecule has 0 aromatic rings. The summed E-state index contributed by atoms with van der Waals surface area (Å²) in [5.41, 5.74) is -0.631. The third-order valence-electron chi connectivity index (χ3n) is 2.35. The molecule has 0 saturated heterocycles. The first-order valence-electron chi connectivity index (χ1n) is 5.69. The fraction of sp³-hybridized carbons (Fsp3) is 0.917. The van der Waals surface area contributed by atoms with Gasteiger partial charge in [0.15, 0.2) is 0 Å². The first kappa shape index (κ1) is 15.4. The second-order valence-electron chi connectivity index (χ2n) is 5.77. The predicted molar refractivity (Wildman–Crippen MR) is 66.4 cm³/mol. The Morgan fingerprint density at radius 1 is 1.19 bits per heavy atom. The lowest BCUT2D eigenvalue weighted by Gasteiger charge is -2.34. The van der Waals surface area contributed by atoms with Gasteiger partial charge in [-0.15, -0.1) is 0 Å². The molecule has 96 valence electrons. The Morgan fingerprint density at radius 3 is 2.00 bits per heavy atom. The highest BCUT2D eigenvalue weighted by Crippen LogP contribution is 2.22. The summed E-state index contributed by atoms with van der Waals surface area (Å²) in [6, 6.07) is -0.306. The number of rotatable bonds is 5. The zero-order valence-electron chi connectivity index (χ0n) is 11.6. The van der Waals surface area contributed by atoms with Crippen molar-refractivity contribution < 1.29 is 9.53 Å². The minimum atomic E-state index is -0.443. The number of carbonyl (C=O) groups excluding carboxylic acids is 1. The second-order valence-corrected chi connectivity index (χ2v) is 5.77. The van der Waals surface area contributed by atoms with Crippen molar-refractivity contribution in [3.63, 3.8) is 0 Å². The molecule has 0 saturated carbocycles. The number of ether oxygens (including phenoxy) is 1. The summed E-state index contributed by atoms with van der Waals surface area (Å²) in [6.07, 6.45) is 0. The lowest BCUT2D eigenvalue weighted by atomic mass is 9.84. The van der Waals surface area contributed by atoms with Crippen LogP contribution in [0.1, 0.15) is 34.6 Å². The van der Waals surface area contributed by atoms with E-state index in [1.165, 1.54) is 0 Å². The molecule has 0 aliphatic heterocycles. The van der Waals surface area contributed by atoms with Crippen molar-refractivity contribution in [2.45, 2.75) is 46.3 Å². The highest BCUT2D eigenvalue weighted by molar-refractivity contribution is 5.77. The van der Waals surface area contributed by atoms with Gasteiger partial charge in [0, 0.05) is 12.0 Å². The van der Waals surface area contributed by atoms with Crippen LogP contribution in [0.2, 0.25) is 0 Å². The van der Waals surface area contributed by atoms with Gasteiger partial charge in [0.1, 0.15) is 11.6 Å². The molecule has 0 rings (SSSR count). The smallest absolute Gasteiger partial charge is 0.324 e. The number of hydrogen-bond donors (Lipinski definition) is 2. The molecule has 1 atom stereocenters. The number of likely N-dealkylation sites (N-methyl/N-ethyl adjacent to an activating group) is 1. The van der Waals surface area contributed by atoms with E-state index in [0.29, 0.717) is 0 Å². The molecular weight excluding hydrogens is 204 g/mol. The van der Waals surface area contributed by atoms with Crippen LogP contribution in [0, 0.1) is 5.41 Å². The minimum absolute atomic E-state index is 0.189. The van der Waals surface area contributed by atoms with Crippen molar-refractivity contribution in [3.8, 4) is 0 Å². The van der Waals surface area contributed by atoms with Crippen molar-refractivity contribution in [1.82, 2.24) is 10.6 Å². The van der Waals surface area contributed by atoms with E-state index in [4.69, 9.17) is 4.74 Å². The highest BCUT2D eigenvalue weighted by Gasteiger charge is 2.36. The molecule has 4 heteroatoms. The van der Waals surface area contributed by atoms with E-state index in [1.54, 1.807) is 7.05 Å². The van der Waals surface area contributed by atoms with Gasteiger partial charge in [-0.1, -0.05) is 13.8 Å². The number of esters is 1. The first-order valence-corrected chi connectivity index (χ1v) is 5.69. The molecule has 2 N–H and O–H groups in total. The van der Waals surface area contributed by atoms with Crippen LogP contribution >= 0.6 is 0 Å². The van der Waals surface area contributed by atoms with E-state index in [-0.39, 0.29) is 17.4 Å². The molecule has 4 nitrogen and oxygen atoms in total.